The first kappa shape index (κ1) is 17.0. The third-order valence-corrected chi connectivity index (χ3v) is 5.00. The highest BCUT2D eigenvalue weighted by molar-refractivity contribution is 5.95. The van der Waals surface area contributed by atoms with Crippen LogP contribution in [0.4, 0.5) is 11.4 Å². The van der Waals surface area contributed by atoms with Gasteiger partial charge in [0.15, 0.2) is 5.58 Å². The first-order chi connectivity index (χ1) is 13.0. The number of carbonyl (C=O) groups excluding carboxylic acids is 1. The summed E-state index contributed by atoms with van der Waals surface area (Å²) >= 11 is 0. The number of fused-ring (bicyclic) bond motifs is 2. The van der Waals surface area contributed by atoms with E-state index in [0.29, 0.717) is 18.0 Å². The van der Waals surface area contributed by atoms with Crippen molar-refractivity contribution in [1.82, 2.24) is 4.57 Å². The van der Waals surface area contributed by atoms with Crippen LogP contribution in [-0.4, -0.2) is 21.9 Å². The van der Waals surface area contributed by atoms with Gasteiger partial charge in [-0.15, -0.1) is 0 Å². The zero-order chi connectivity index (χ0) is 19.1. The highest BCUT2D eigenvalue weighted by Crippen LogP contribution is 2.34. The number of rotatable bonds is 3. The van der Waals surface area contributed by atoms with Crippen LogP contribution in [0.2, 0.25) is 0 Å². The fraction of sp³-hybridized carbons (Fsp3) is 0.263. The van der Waals surface area contributed by atoms with E-state index >= 15 is 0 Å². The van der Waals surface area contributed by atoms with Crippen LogP contribution in [0.5, 0.6) is 0 Å². The van der Waals surface area contributed by atoms with Gasteiger partial charge in [-0.05, 0) is 30.0 Å². The van der Waals surface area contributed by atoms with Crippen LogP contribution in [0.1, 0.15) is 24.8 Å². The number of hydrogen-bond donors (Lipinski definition) is 0. The second-order valence-electron chi connectivity index (χ2n) is 6.66. The van der Waals surface area contributed by atoms with Crippen LogP contribution in [0.3, 0.4) is 0 Å². The summed E-state index contributed by atoms with van der Waals surface area (Å²) in [4.78, 5) is 37.1. The number of hydrogen-bond acceptors (Lipinski definition) is 5. The fourth-order valence-corrected chi connectivity index (χ4v) is 3.55. The fourth-order valence-electron chi connectivity index (χ4n) is 3.55. The molecule has 0 bridgehead atoms. The molecule has 27 heavy (non-hydrogen) atoms. The average molecular weight is 367 g/mol. The molecule has 2 heterocycles. The number of aromatic nitrogens is 1. The molecule has 4 rings (SSSR count). The maximum absolute atomic E-state index is 12.9. The van der Waals surface area contributed by atoms with Crippen molar-refractivity contribution in [1.29, 1.82) is 0 Å². The van der Waals surface area contributed by atoms with E-state index in [1.807, 2.05) is 24.3 Å². The molecule has 0 aliphatic carbocycles. The number of para-hydroxylation sites is 1. The topological polar surface area (TPSA) is 98.6 Å². The number of nitrogens with zero attached hydrogens (tertiary/aromatic N) is 3. The summed E-state index contributed by atoms with van der Waals surface area (Å²) in [5.74, 6) is -0.571. The number of anilines is 1. The third kappa shape index (κ3) is 2.88. The number of amides is 1. The van der Waals surface area contributed by atoms with Crippen molar-refractivity contribution in [2.75, 3.05) is 11.4 Å². The van der Waals surface area contributed by atoms with Crippen molar-refractivity contribution in [2.45, 2.75) is 25.8 Å². The summed E-state index contributed by atoms with van der Waals surface area (Å²) < 4.78 is 6.31. The lowest BCUT2D eigenvalue weighted by Crippen LogP contribution is -2.39. The number of nitro groups is 1. The minimum absolute atomic E-state index is 0.0923. The molecule has 1 aromatic heterocycles. The Morgan fingerprint density at radius 2 is 2.07 bits per heavy atom. The summed E-state index contributed by atoms with van der Waals surface area (Å²) in [5, 5.41) is 10.9. The molecule has 0 saturated carbocycles. The first-order valence-corrected chi connectivity index (χ1v) is 8.63. The van der Waals surface area contributed by atoms with Gasteiger partial charge in [0.25, 0.3) is 5.69 Å². The predicted molar refractivity (Wildman–Crippen MR) is 99.0 cm³/mol. The van der Waals surface area contributed by atoms with E-state index in [4.69, 9.17) is 4.42 Å². The van der Waals surface area contributed by atoms with Crippen LogP contribution >= 0.6 is 0 Å². The Hall–Kier alpha value is -3.42. The van der Waals surface area contributed by atoms with Gasteiger partial charge in [-0.2, -0.15) is 0 Å². The lowest BCUT2D eigenvalue weighted by Gasteiger charge is -2.33. The number of carbonyl (C=O) groups is 1. The molecule has 1 atom stereocenters. The Balaban J connectivity index is 1.68. The molecule has 0 N–H and O–H groups in total. The molecule has 138 valence electrons. The smallest absolute Gasteiger partial charge is 0.407 e. The van der Waals surface area contributed by atoms with Crippen LogP contribution < -0.4 is 10.7 Å². The lowest BCUT2D eigenvalue weighted by atomic mass is 9.91. The average Bonchev–Trinajstić information content (AvgIpc) is 2.96. The van der Waals surface area contributed by atoms with Gasteiger partial charge in [0.2, 0.25) is 5.91 Å². The van der Waals surface area contributed by atoms with Crippen molar-refractivity contribution < 1.29 is 14.1 Å². The Kier molecular flexibility index (Phi) is 4.02. The zero-order valence-corrected chi connectivity index (χ0v) is 14.6. The van der Waals surface area contributed by atoms with Gasteiger partial charge in [-0.1, -0.05) is 25.1 Å². The molecule has 0 fully saturated rings. The monoisotopic (exact) mass is 367 g/mol. The molecule has 8 nitrogen and oxygen atoms in total. The van der Waals surface area contributed by atoms with Gasteiger partial charge >= 0.3 is 5.76 Å². The highest BCUT2D eigenvalue weighted by Gasteiger charge is 2.27. The van der Waals surface area contributed by atoms with E-state index in [9.17, 15) is 19.7 Å². The molecule has 8 heteroatoms. The van der Waals surface area contributed by atoms with Gasteiger partial charge in [0, 0.05) is 18.3 Å². The number of non-ortho nitro benzene ring substituents is 1. The SMILES string of the molecule is CC1CCN(C(=O)Cn2c(=O)oc3cc([N+](=O)[O-])ccc32)c2ccccc21. The first-order valence-electron chi connectivity index (χ1n) is 8.63. The van der Waals surface area contributed by atoms with Gasteiger partial charge < -0.3 is 9.32 Å². The summed E-state index contributed by atoms with van der Waals surface area (Å²) in [7, 11) is 0. The lowest BCUT2D eigenvalue weighted by molar-refractivity contribution is -0.384. The van der Waals surface area contributed by atoms with Crippen molar-refractivity contribution >= 4 is 28.4 Å². The van der Waals surface area contributed by atoms with Crippen molar-refractivity contribution in [3.8, 4) is 0 Å². The standard InChI is InChI=1S/C19H17N3O5/c1-12-8-9-20(15-5-3-2-4-14(12)15)18(23)11-21-16-7-6-13(22(25)26)10-17(16)27-19(21)24/h2-7,10,12H,8-9,11H2,1H3. The van der Waals surface area contributed by atoms with E-state index in [0.717, 1.165) is 17.7 Å². The van der Waals surface area contributed by atoms with Crippen LogP contribution in [0.15, 0.2) is 51.7 Å². The van der Waals surface area contributed by atoms with Gasteiger partial charge in [0.05, 0.1) is 16.5 Å². The summed E-state index contributed by atoms with van der Waals surface area (Å²) in [5.41, 5.74) is 2.25. The Morgan fingerprint density at radius 3 is 2.85 bits per heavy atom. The van der Waals surface area contributed by atoms with E-state index in [1.165, 1.54) is 22.8 Å². The molecule has 1 amide bonds. The zero-order valence-electron chi connectivity index (χ0n) is 14.6. The Labute approximate surface area is 153 Å². The van der Waals surface area contributed by atoms with Crippen LogP contribution in [-0.2, 0) is 11.3 Å². The molecule has 0 saturated heterocycles. The number of benzene rings is 2. The molecule has 0 spiro atoms. The van der Waals surface area contributed by atoms with Crippen molar-refractivity contribution in [3.05, 3.63) is 68.7 Å². The van der Waals surface area contributed by atoms with E-state index < -0.39 is 10.7 Å². The van der Waals surface area contributed by atoms with Gasteiger partial charge in [-0.25, -0.2) is 4.79 Å². The van der Waals surface area contributed by atoms with Gasteiger partial charge in [-0.3, -0.25) is 19.5 Å². The van der Waals surface area contributed by atoms with Gasteiger partial charge in [0.1, 0.15) is 6.54 Å². The van der Waals surface area contributed by atoms with Crippen molar-refractivity contribution in [2.24, 2.45) is 0 Å². The molecule has 1 aliphatic rings. The molecule has 2 aromatic carbocycles. The minimum Gasteiger partial charge on any atom is -0.407 e. The van der Waals surface area contributed by atoms with Crippen LogP contribution in [0.25, 0.3) is 11.1 Å². The molecular formula is C19H17N3O5. The normalized spacial score (nSPS) is 16.3. The number of oxazole rings is 1. The molecule has 3 aromatic rings. The van der Waals surface area contributed by atoms with E-state index in [2.05, 4.69) is 6.92 Å². The summed E-state index contributed by atoms with van der Waals surface area (Å²) in [6.07, 6.45) is 0.843. The summed E-state index contributed by atoms with van der Waals surface area (Å²) in [6.45, 7) is 2.51. The third-order valence-electron chi connectivity index (χ3n) is 5.00. The second-order valence-corrected chi connectivity index (χ2v) is 6.66. The predicted octanol–water partition coefficient (Wildman–Crippen LogP) is 3.04. The summed E-state index contributed by atoms with van der Waals surface area (Å²) in [6, 6.07) is 11.7. The maximum atomic E-state index is 12.9. The van der Waals surface area contributed by atoms with Crippen LogP contribution in [0, 0.1) is 10.1 Å². The molecule has 0 radical (unpaired) electrons. The minimum atomic E-state index is -0.711. The highest BCUT2D eigenvalue weighted by atomic mass is 16.6. The van der Waals surface area contributed by atoms with E-state index in [1.54, 1.807) is 4.90 Å². The maximum Gasteiger partial charge on any atom is 0.420 e. The second kappa shape index (κ2) is 6.39. The van der Waals surface area contributed by atoms with E-state index in [-0.39, 0.29) is 23.7 Å². The Morgan fingerprint density at radius 1 is 1.30 bits per heavy atom. The Bertz CT molecular complexity index is 1110. The van der Waals surface area contributed by atoms with Crippen molar-refractivity contribution in [3.63, 3.8) is 0 Å². The molecular weight excluding hydrogens is 350 g/mol. The largest absolute Gasteiger partial charge is 0.420 e. The molecule has 1 unspecified atom stereocenters. The molecule has 1 aliphatic heterocycles. The number of nitro benzene ring substituents is 1. The quantitative estimate of drug-likeness (QED) is 0.523.